The van der Waals surface area contributed by atoms with Gasteiger partial charge < -0.3 is 9.47 Å². The van der Waals surface area contributed by atoms with Crippen LogP contribution in [0.3, 0.4) is 0 Å². The highest BCUT2D eigenvalue weighted by molar-refractivity contribution is 6.31. The van der Waals surface area contributed by atoms with Gasteiger partial charge in [-0.25, -0.2) is 9.59 Å². The van der Waals surface area contributed by atoms with Crippen molar-refractivity contribution >= 4 is 35.0 Å². The van der Waals surface area contributed by atoms with Gasteiger partial charge in [-0.1, -0.05) is 37.6 Å². The van der Waals surface area contributed by atoms with Gasteiger partial charge in [0.05, 0.1) is 11.5 Å². The van der Waals surface area contributed by atoms with Gasteiger partial charge in [0.1, 0.15) is 17.0 Å². The molecule has 0 aliphatic rings. The zero-order chi connectivity index (χ0) is 20.7. The molecular weight excluding hydrogens is 388 g/mol. The number of hydrogen-bond acceptors (Lipinski definition) is 6. The molecule has 2 aromatic carbocycles. The lowest BCUT2D eigenvalue weighted by Gasteiger charge is -2.11. The summed E-state index contributed by atoms with van der Waals surface area (Å²) in [7, 11) is 0. The average molecular weight is 407 g/mol. The minimum Gasteiger partial charge on any atom is -0.462 e. The van der Waals surface area contributed by atoms with Crippen LogP contribution in [0.15, 0.2) is 42.5 Å². The van der Waals surface area contributed by atoms with Crippen LogP contribution in [0.1, 0.15) is 30.6 Å². The second kappa shape index (κ2) is 9.70. The highest BCUT2D eigenvalue weighted by Crippen LogP contribution is 2.28. The predicted molar refractivity (Wildman–Crippen MR) is 104 cm³/mol. The molecule has 8 nitrogen and oxygen atoms in total. The molecule has 0 fully saturated rings. The zero-order valence-corrected chi connectivity index (χ0v) is 16.1. The number of para-hydroxylation sites is 1. The molecule has 9 heteroatoms. The number of nitrogens with zero attached hydrogens (tertiary/aromatic N) is 1. The first-order valence-corrected chi connectivity index (χ1v) is 8.84. The van der Waals surface area contributed by atoms with Crippen LogP contribution in [0.2, 0.25) is 5.02 Å². The molecule has 0 aliphatic heterocycles. The Balaban J connectivity index is 2.11. The molecule has 1 amide bonds. The lowest BCUT2D eigenvalue weighted by molar-refractivity contribution is -0.383. The van der Waals surface area contributed by atoms with Crippen molar-refractivity contribution in [1.29, 1.82) is 0 Å². The third kappa shape index (κ3) is 5.95. The van der Waals surface area contributed by atoms with Gasteiger partial charge in [-0.3, -0.25) is 15.4 Å². The van der Waals surface area contributed by atoms with Crippen LogP contribution < -0.4 is 10.1 Å². The number of amides is 1. The minimum atomic E-state index is -0.993. The van der Waals surface area contributed by atoms with Gasteiger partial charge in [-0.05, 0) is 36.6 Å². The number of ether oxygens (including phenoxy) is 2. The first-order chi connectivity index (χ1) is 13.3. The Bertz CT molecular complexity index is 884. The SMILES string of the molecule is CC(C)CCOC(=O)c1ccccc1OC(=O)Nc1ccc(Cl)cc1[N+](=O)[O-]. The number of nitro benzene ring substituents is 1. The second-order valence-corrected chi connectivity index (χ2v) is 6.68. The molecule has 0 aliphatic carbocycles. The lowest BCUT2D eigenvalue weighted by atomic mass is 10.1. The summed E-state index contributed by atoms with van der Waals surface area (Å²) < 4.78 is 10.3. The number of carbonyl (C=O) groups excluding carboxylic acids is 2. The van der Waals surface area contributed by atoms with Crippen LogP contribution in [0.5, 0.6) is 5.75 Å². The molecule has 2 rings (SSSR count). The van der Waals surface area contributed by atoms with E-state index in [0.29, 0.717) is 12.3 Å². The lowest BCUT2D eigenvalue weighted by Crippen LogP contribution is -2.19. The molecule has 0 saturated carbocycles. The highest BCUT2D eigenvalue weighted by atomic mass is 35.5. The van der Waals surface area contributed by atoms with E-state index in [2.05, 4.69) is 5.32 Å². The summed E-state index contributed by atoms with van der Waals surface area (Å²) in [6, 6.07) is 9.86. The molecule has 2 aromatic rings. The van der Waals surface area contributed by atoms with Crippen molar-refractivity contribution in [2.75, 3.05) is 11.9 Å². The minimum absolute atomic E-state index is 0.0221. The molecule has 0 spiro atoms. The standard InChI is InChI=1S/C19H19ClN2O6/c1-12(2)9-10-27-18(23)14-5-3-4-6-17(14)28-19(24)21-15-8-7-13(20)11-16(15)22(25)26/h3-8,11-12H,9-10H2,1-2H3,(H,21,24). The van der Waals surface area contributed by atoms with Gasteiger partial charge in [-0.15, -0.1) is 0 Å². The fraction of sp³-hybridized carbons (Fsp3) is 0.263. The molecule has 0 bridgehead atoms. The Labute approximate surface area is 166 Å². The van der Waals surface area contributed by atoms with Gasteiger partial charge in [0.15, 0.2) is 0 Å². The second-order valence-electron chi connectivity index (χ2n) is 6.25. The molecule has 1 N–H and O–H groups in total. The summed E-state index contributed by atoms with van der Waals surface area (Å²) in [6.45, 7) is 4.25. The average Bonchev–Trinajstić information content (AvgIpc) is 2.63. The molecule has 28 heavy (non-hydrogen) atoms. The van der Waals surface area contributed by atoms with Crippen molar-refractivity contribution in [3.63, 3.8) is 0 Å². The maximum atomic E-state index is 12.2. The van der Waals surface area contributed by atoms with E-state index in [-0.39, 0.29) is 34.3 Å². The summed E-state index contributed by atoms with van der Waals surface area (Å²) in [5.74, 6) is -0.270. The number of anilines is 1. The number of hydrogen-bond donors (Lipinski definition) is 1. The molecule has 0 aromatic heterocycles. The molecule has 0 radical (unpaired) electrons. The quantitative estimate of drug-likeness (QED) is 0.391. The van der Waals surface area contributed by atoms with Crippen LogP contribution in [0.25, 0.3) is 0 Å². The van der Waals surface area contributed by atoms with E-state index in [1.54, 1.807) is 12.1 Å². The van der Waals surface area contributed by atoms with Gasteiger partial charge in [0.2, 0.25) is 0 Å². The monoisotopic (exact) mass is 406 g/mol. The number of carbonyl (C=O) groups is 2. The molecule has 148 valence electrons. The van der Waals surface area contributed by atoms with E-state index in [4.69, 9.17) is 21.1 Å². The van der Waals surface area contributed by atoms with E-state index in [1.165, 1.54) is 24.3 Å². The summed E-state index contributed by atoms with van der Waals surface area (Å²) >= 11 is 5.74. The van der Waals surface area contributed by atoms with Crippen molar-refractivity contribution in [3.05, 3.63) is 63.2 Å². The van der Waals surface area contributed by atoms with E-state index >= 15 is 0 Å². The Kier molecular flexibility index (Phi) is 7.34. The number of benzene rings is 2. The third-order valence-electron chi connectivity index (χ3n) is 3.63. The van der Waals surface area contributed by atoms with Gasteiger partial charge >= 0.3 is 12.1 Å². The normalized spacial score (nSPS) is 10.4. The van der Waals surface area contributed by atoms with Crippen molar-refractivity contribution < 1.29 is 24.0 Å². The predicted octanol–water partition coefficient (Wildman–Crippen LogP) is 5.06. The number of nitro groups is 1. The first kappa shape index (κ1) is 21.2. The summed E-state index contributed by atoms with van der Waals surface area (Å²) in [5, 5.41) is 13.5. The summed E-state index contributed by atoms with van der Waals surface area (Å²) in [5.41, 5.74) is -0.394. The molecular formula is C19H19ClN2O6. The number of nitrogens with one attached hydrogen (secondary N) is 1. The van der Waals surface area contributed by atoms with E-state index in [9.17, 15) is 19.7 Å². The maximum Gasteiger partial charge on any atom is 0.417 e. The van der Waals surface area contributed by atoms with Crippen molar-refractivity contribution in [1.82, 2.24) is 0 Å². The molecule has 0 heterocycles. The Morgan fingerprint density at radius 1 is 1.21 bits per heavy atom. The molecule has 0 unspecified atom stereocenters. The van der Waals surface area contributed by atoms with Crippen molar-refractivity contribution in [2.45, 2.75) is 20.3 Å². The van der Waals surface area contributed by atoms with Crippen LogP contribution in [-0.4, -0.2) is 23.6 Å². The fourth-order valence-corrected chi connectivity index (χ4v) is 2.35. The van der Waals surface area contributed by atoms with Gasteiger partial charge in [0, 0.05) is 11.1 Å². The Morgan fingerprint density at radius 2 is 1.93 bits per heavy atom. The van der Waals surface area contributed by atoms with Gasteiger partial charge in [0.25, 0.3) is 5.69 Å². The van der Waals surface area contributed by atoms with Crippen molar-refractivity contribution in [2.24, 2.45) is 5.92 Å². The number of halogens is 1. The van der Waals surface area contributed by atoms with E-state index < -0.39 is 17.0 Å². The zero-order valence-electron chi connectivity index (χ0n) is 15.3. The summed E-state index contributed by atoms with van der Waals surface area (Å²) in [6.07, 6.45) is -0.289. The van der Waals surface area contributed by atoms with E-state index in [0.717, 1.165) is 6.07 Å². The Hall–Kier alpha value is -3.13. The topological polar surface area (TPSA) is 108 Å². The largest absolute Gasteiger partial charge is 0.462 e. The van der Waals surface area contributed by atoms with Crippen LogP contribution in [0, 0.1) is 16.0 Å². The van der Waals surface area contributed by atoms with Crippen LogP contribution in [0.4, 0.5) is 16.2 Å². The van der Waals surface area contributed by atoms with E-state index in [1.807, 2.05) is 13.8 Å². The fourth-order valence-electron chi connectivity index (χ4n) is 2.19. The molecule has 0 atom stereocenters. The molecule has 0 saturated heterocycles. The Morgan fingerprint density at radius 3 is 2.61 bits per heavy atom. The third-order valence-corrected chi connectivity index (χ3v) is 3.87. The number of esters is 1. The maximum absolute atomic E-state index is 12.2. The highest BCUT2D eigenvalue weighted by Gasteiger charge is 2.20. The smallest absolute Gasteiger partial charge is 0.417 e. The van der Waals surface area contributed by atoms with Crippen molar-refractivity contribution in [3.8, 4) is 5.75 Å². The van der Waals surface area contributed by atoms with Crippen LogP contribution >= 0.6 is 11.6 Å². The summed E-state index contributed by atoms with van der Waals surface area (Å²) in [4.78, 5) is 34.8. The van der Waals surface area contributed by atoms with Crippen LogP contribution in [-0.2, 0) is 4.74 Å². The van der Waals surface area contributed by atoms with Gasteiger partial charge in [-0.2, -0.15) is 0 Å². The number of rotatable bonds is 7. The first-order valence-electron chi connectivity index (χ1n) is 8.47.